The van der Waals surface area contributed by atoms with Crippen LogP contribution in [0, 0.1) is 0 Å². The summed E-state index contributed by atoms with van der Waals surface area (Å²) in [6, 6.07) is 5.85. The van der Waals surface area contributed by atoms with Gasteiger partial charge in [0.15, 0.2) is 16.6 Å². The summed E-state index contributed by atoms with van der Waals surface area (Å²) in [5.41, 5.74) is 6.83. The molecule has 132 valence electrons. The molecular formula is C18H21N3O3S. The van der Waals surface area contributed by atoms with Gasteiger partial charge in [-0.3, -0.25) is 4.79 Å². The molecule has 4 rings (SSSR count). The van der Waals surface area contributed by atoms with E-state index < -0.39 is 0 Å². The summed E-state index contributed by atoms with van der Waals surface area (Å²) in [6.45, 7) is 0. The van der Waals surface area contributed by atoms with Crippen molar-refractivity contribution < 1.29 is 14.3 Å². The third-order valence-corrected chi connectivity index (χ3v) is 5.82. The second kappa shape index (κ2) is 6.55. The number of rotatable bonds is 4. The fourth-order valence-electron chi connectivity index (χ4n) is 3.65. The number of methoxy groups -OCH3 is 1. The highest BCUT2D eigenvalue weighted by Gasteiger charge is 2.33. The van der Waals surface area contributed by atoms with Crippen LogP contribution in [0.3, 0.4) is 0 Å². The summed E-state index contributed by atoms with van der Waals surface area (Å²) in [4.78, 5) is 17.4. The molecule has 1 aliphatic heterocycles. The van der Waals surface area contributed by atoms with Crippen LogP contribution in [0.15, 0.2) is 18.2 Å². The van der Waals surface area contributed by atoms with Crippen LogP contribution in [0.1, 0.15) is 48.5 Å². The highest BCUT2D eigenvalue weighted by Crippen LogP contribution is 2.47. The molecule has 25 heavy (non-hydrogen) atoms. The zero-order valence-corrected chi connectivity index (χ0v) is 14.9. The van der Waals surface area contributed by atoms with E-state index in [0.717, 1.165) is 29.0 Å². The van der Waals surface area contributed by atoms with Gasteiger partial charge in [0, 0.05) is 17.9 Å². The molecule has 0 spiro atoms. The van der Waals surface area contributed by atoms with Gasteiger partial charge in [-0.2, -0.15) is 0 Å². The Bertz CT molecular complexity index is 799. The van der Waals surface area contributed by atoms with Crippen molar-refractivity contribution in [3.05, 3.63) is 28.6 Å². The Labute approximate surface area is 150 Å². The van der Waals surface area contributed by atoms with E-state index in [1.165, 1.54) is 24.2 Å². The van der Waals surface area contributed by atoms with Crippen molar-refractivity contribution in [2.24, 2.45) is 0 Å². The lowest BCUT2D eigenvalue weighted by molar-refractivity contribution is -0.116. The third-order valence-electron chi connectivity index (χ3n) is 4.83. The number of carbonyl (C=O) groups is 1. The third kappa shape index (κ3) is 3.04. The van der Waals surface area contributed by atoms with Gasteiger partial charge in [-0.1, -0.05) is 23.5 Å². The van der Waals surface area contributed by atoms with E-state index in [1.54, 1.807) is 7.11 Å². The predicted octanol–water partition coefficient (Wildman–Crippen LogP) is 3.53. The second-order valence-corrected chi connectivity index (χ2v) is 7.54. The van der Waals surface area contributed by atoms with Gasteiger partial charge in [0.25, 0.3) is 0 Å². The molecule has 1 amide bonds. The summed E-state index contributed by atoms with van der Waals surface area (Å²) in [7, 11) is 1.64. The Morgan fingerprint density at radius 3 is 2.88 bits per heavy atom. The fraction of sp³-hybridized carbons (Fsp3) is 0.444. The molecule has 0 bridgehead atoms. The van der Waals surface area contributed by atoms with Gasteiger partial charge in [0.1, 0.15) is 5.82 Å². The van der Waals surface area contributed by atoms with Gasteiger partial charge in [-0.25, -0.2) is 4.98 Å². The van der Waals surface area contributed by atoms with Gasteiger partial charge in [-0.05, 0) is 31.7 Å². The Balaban J connectivity index is 1.78. The smallest absolute Gasteiger partial charge is 0.226 e. The molecule has 2 heterocycles. The van der Waals surface area contributed by atoms with Crippen molar-refractivity contribution in [3.8, 4) is 11.5 Å². The Morgan fingerprint density at radius 1 is 1.32 bits per heavy atom. The molecule has 2 aromatic rings. The summed E-state index contributed by atoms with van der Waals surface area (Å²) >= 11 is 1.42. The molecule has 3 N–H and O–H groups in total. The lowest BCUT2D eigenvalue weighted by Crippen LogP contribution is -2.23. The number of para-hydroxylation sites is 1. The first kappa shape index (κ1) is 16.2. The minimum absolute atomic E-state index is 0.0579. The molecule has 0 radical (unpaired) electrons. The molecule has 1 aromatic heterocycles. The van der Waals surface area contributed by atoms with E-state index in [-0.39, 0.29) is 17.9 Å². The summed E-state index contributed by atoms with van der Waals surface area (Å²) < 4.78 is 11.9. The van der Waals surface area contributed by atoms with Crippen LogP contribution in [0.4, 0.5) is 10.9 Å². The first-order chi connectivity index (χ1) is 12.2. The molecule has 1 atom stereocenters. The maximum Gasteiger partial charge on any atom is 0.226 e. The fourth-order valence-corrected chi connectivity index (χ4v) is 4.56. The normalized spacial score (nSPS) is 20.2. The minimum atomic E-state index is -0.120. The number of hydrogen-bond acceptors (Lipinski definition) is 6. The van der Waals surface area contributed by atoms with Crippen LogP contribution in [0.25, 0.3) is 0 Å². The maximum atomic E-state index is 12.2. The molecular weight excluding hydrogens is 338 g/mol. The van der Waals surface area contributed by atoms with Gasteiger partial charge >= 0.3 is 0 Å². The van der Waals surface area contributed by atoms with Crippen LogP contribution in [0.2, 0.25) is 0 Å². The van der Waals surface area contributed by atoms with Crippen LogP contribution in [-0.2, 0) is 4.79 Å². The van der Waals surface area contributed by atoms with Crippen molar-refractivity contribution in [1.29, 1.82) is 0 Å². The quantitative estimate of drug-likeness (QED) is 0.872. The van der Waals surface area contributed by atoms with Crippen molar-refractivity contribution in [2.45, 2.75) is 44.1 Å². The zero-order valence-electron chi connectivity index (χ0n) is 14.1. The summed E-state index contributed by atoms with van der Waals surface area (Å²) in [5.74, 6) is 1.84. The van der Waals surface area contributed by atoms with Crippen molar-refractivity contribution in [2.75, 3.05) is 18.2 Å². The monoisotopic (exact) mass is 359 g/mol. The number of nitrogens with one attached hydrogen (secondary N) is 1. The largest absolute Gasteiger partial charge is 0.493 e. The Morgan fingerprint density at radius 2 is 2.12 bits per heavy atom. The second-order valence-electron chi connectivity index (χ2n) is 6.47. The maximum absolute atomic E-state index is 12.2. The summed E-state index contributed by atoms with van der Waals surface area (Å²) in [6.07, 6.45) is 5.05. The van der Waals surface area contributed by atoms with Crippen molar-refractivity contribution in [3.63, 3.8) is 0 Å². The average Bonchev–Trinajstić information content (AvgIpc) is 3.23. The number of carbonyl (C=O) groups excluding carboxylic acids is 1. The summed E-state index contributed by atoms with van der Waals surface area (Å²) in [5, 5.41) is 3.27. The van der Waals surface area contributed by atoms with Crippen LogP contribution in [-0.4, -0.2) is 24.1 Å². The molecule has 1 fully saturated rings. The molecule has 1 saturated carbocycles. The van der Waals surface area contributed by atoms with Crippen LogP contribution in [0.5, 0.6) is 11.5 Å². The van der Waals surface area contributed by atoms with Gasteiger partial charge in [-0.15, -0.1) is 0 Å². The highest BCUT2D eigenvalue weighted by molar-refractivity contribution is 7.16. The van der Waals surface area contributed by atoms with Crippen LogP contribution >= 0.6 is 11.3 Å². The number of nitrogens with two attached hydrogens (primary N) is 1. The van der Waals surface area contributed by atoms with Gasteiger partial charge in [0.2, 0.25) is 5.91 Å². The SMILES string of the molecule is COc1cccc([C@H]2CC(=O)Nc3nc(N)sc32)c1OC1CCCC1. The predicted molar refractivity (Wildman–Crippen MR) is 97.5 cm³/mol. The molecule has 1 aliphatic carbocycles. The van der Waals surface area contributed by atoms with E-state index in [9.17, 15) is 4.79 Å². The van der Waals surface area contributed by atoms with E-state index in [1.807, 2.05) is 18.2 Å². The van der Waals surface area contributed by atoms with E-state index in [0.29, 0.717) is 23.1 Å². The average molecular weight is 359 g/mol. The van der Waals surface area contributed by atoms with Crippen molar-refractivity contribution >= 4 is 28.2 Å². The number of benzene rings is 1. The van der Waals surface area contributed by atoms with Gasteiger partial charge in [0.05, 0.1) is 18.1 Å². The molecule has 2 aliphatic rings. The number of amides is 1. The van der Waals surface area contributed by atoms with E-state index in [2.05, 4.69) is 10.3 Å². The number of nitrogen functional groups attached to an aromatic ring is 1. The highest BCUT2D eigenvalue weighted by atomic mass is 32.1. The van der Waals surface area contributed by atoms with Crippen LogP contribution < -0.4 is 20.5 Å². The number of fused-ring (bicyclic) bond motifs is 1. The number of aromatic nitrogens is 1. The lowest BCUT2D eigenvalue weighted by Gasteiger charge is -2.26. The Kier molecular flexibility index (Phi) is 4.25. The number of hydrogen-bond donors (Lipinski definition) is 2. The first-order valence-electron chi connectivity index (χ1n) is 8.55. The Hall–Kier alpha value is -2.28. The van der Waals surface area contributed by atoms with Crippen molar-refractivity contribution in [1.82, 2.24) is 4.98 Å². The molecule has 6 nitrogen and oxygen atoms in total. The van der Waals surface area contributed by atoms with Gasteiger partial charge < -0.3 is 20.5 Å². The molecule has 0 saturated heterocycles. The number of thiazole rings is 1. The minimum Gasteiger partial charge on any atom is -0.493 e. The number of anilines is 2. The number of ether oxygens (including phenoxy) is 2. The first-order valence-corrected chi connectivity index (χ1v) is 9.37. The molecule has 1 aromatic carbocycles. The molecule has 0 unspecified atom stereocenters. The van der Waals surface area contributed by atoms with E-state index in [4.69, 9.17) is 15.2 Å². The zero-order chi connectivity index (χ0) is 17.4. The van der Waals surface area contributed by atoms with E-state index >= 15 is 0 Å². The topological polar surface area (TPSA) is 86.5 Å². The molecule has 7 heteroatoms. The lowest BCUT2D eigenvalue weighted by atomic mass is 9.90. The number of nitrogens with zero attached hydrogens (tertiary/aromatic N) is 1. The standard InChI is InChI=1S/C18H21N3O3S/c1-23-13-8-4-7-11(15(13)24-10-5-2-3-6-10)12-9-14(22)20-17-16(12)25-18(19)21-17/h4,7-8,10,12H,2-3,5-6,9H2,1H3,(H2,19,21)(H,20,22)/t12-/m1/s1.